The summed E-state index contributed by atoms with van der Waals surface area (Å²) in [7, 11) is 1.59. The lowest BCUT2D eigenvalue weighted by atomic mass is 9.84. The summed E-state index contributed by atoms with van der Waals surface area (Å²) in [6.07, 6.45) is 0. The van der Waals surface area contributed by atoms with E-state index in [1.54, 1.807) is 7.11 Å². The third-order valence-corrected chi connectivity index (χ3v) is 4.22. The Morgan fingerprint density at radius 1 is 1.38 bits per heavy atom. The number of hydrogen-bond acceptors (Lipinski definition) is 6. The number of nitriles is 1. The summed E-state index contributed by atoms with van der Waals surface area (Å²) >= 11 is 0. The van der Waals surface area contributed by atoms with Crippen molar-refractivity contribution >= 4 is 0 Å². The zero-order valence-corrected chi connectivity index (χ0v) is 15.3. The van der Waals surface area contributed by atoms with Gasteiger partial charge in [-0.1, -0.05) is 19.9 Å². The summed E-state index contributed by atoms with van der Waals surface area (Å²) in [5.41, 5.74) is 8.77. The Hall–Kier alpha value is -3.14. The van der Waals surface area contributed by atoms with Gasteiger partial charge >= 0.3 is 0 Å². The highest BCUT2D eigenvalue weighted by molar-refractivity contribution is 5.57. The van der Waals surface area contributed by atoms with E-state index in [4.69, 9.17) is 19.9 Å². The number of methoxy groups -OCH3 is 1. The number of nitrogens with two attached hydrogens (primary N) is 1. The van der Waals surface area contributed by atoms with Crippen molar-refractivity contribution in [3.05, 3.63) is 46.5 Å². The fraction of sp³-hybridized carbons (Fsp3) is 0.368. The number of allylic oxidation sites excluding steroid dienone is 1. The van der Waals surface area contributed by atoms with Crippen molar-refractivity contribution in [1.29, 1.82) is 5.26 Å². The summed E-state index contributed by atoms with van der Waals surface area (Å²) in [6, 6.07) is 7.80. The van der Waals surface area contributed by atoms with Crippen LogP contribution in [0, 0.1) is 24.2 Å². The third-order valence-electron chi connectivity index (χ3n) is 4.22. The van der Waals surface area contributed by atoms with Crippen LogP contribution in [0.3, 0.4) is 0 Å². The number of fused-ring (bicyclic) bond motifs is 1. The summed E-state index contributed by atoms with van der Waals surface area (Å²) in [4.78, 5) is 0. The Balaban J connectivity index is 2.07. The lowest BCUT2D eigenvalue weighted by Crippen LogP contribution is -2.21. The smallest absolute Gasteiger partial charge is 0.244 e. The van der Waals surface area contributed by atoms with E-state index in [1.807, 2.05) is 25.1 Å². The summed E-state index contributed by atoms with van der Waals surface area (Å²) in [5.74, 6) is 1.75. The van der Waals surface area contributed by atoms with Crippen LogP contribution in [-0.4, -0.2) is 23.9 Å². The molecule has 0 bridgehead atoms. The van der Waals surface area contributed by atoms with Gasteiger partial charge in [0, 0.05) is 11.3 Å². The minimum Gasteiger partial charge on any atom is -0.493 e. The van der Waals surface area contributed by atoms with Crippen LogP contribution in [0.15, 0.2) is 29.7 Å². The second kappa shape index (κ2) is 7.00. The Kier molecular flexibility index (Phi) is 4.76. The Morgan fingerprint density at radius 2 is 2.15 bits per heavy atom. The Morgan fingerprint density at radius 3 is 2.81 bits per heavy atom. The van der Waals surface area contributed by atoms with E-state index in [9.17, 15) is 5.26 Å². The maximum absolute atomic E-state index is 9.62. The van der Waals surface area contributed by atoms with E-state index in [0.29, 0.717) is 35.5 Å². The molecule has 2 heterocycles. The van der Waals surface area contributed by atoms with Crippen molar-refractivity contribution in [2.24, 2.45) is 11.7 Å². The van der Waals surface area contributed by atoms with E-state index in [0.717, 1.165) is 16.8 Å². The van der Waals surface area contributed by atoms with Gasteiger partial charge in [0.2, 0.25) is 11.8 Å². The predicted octanol–water partition coefficient (Wildman–Crippen LogP) is 2.98. The van der Waals surface area contributed by atoms with Gasteiger partial charge in [0.05, 0.1) is 19.6 Å². The molecule has 3 rings (SSSR count). The number of hydrogen-bond donors (Lipinski definition) is 2. The number of aromatic nitrogens is 2. The molecule has 26 heavy (non-hydrogen) atoms. The molecule has 0 aliphatic carbocycles. The van der Waals surface area contributed by atoms with Crippen LogP contribution in [0.4, 0.5) is 0 Å². The molecule has 1 atom stereocenters. The van der Waals surface area contributed by atoms with Crippen LogP contribution in [0.1, 0.15) is 36.6 Å². The van der Waals surface area contributed by atoms with Crippen molar-refractivity contribution in [2.75, 3.05) is 13.7 Å². The molecule has 136 valence electrons. The number of benzene rings is 1. The van der Waals surface area contributed by atoms with Crippen LogP contribution in [0.25, 0.3) is 0 Å². The van der Waals surface area contributed by atoms with E-state index in [-0.39, 0.29) is 11.8 Å². The number of rotatable bonds is 5. The molecule has 0 fully saturated rings. The normalized spacial score (nSPS) is 16.1. The first-order valence-corrected chi connectivity index (χ1v) is 8.39. The molecule has 7 heteroatoms. The first-order valence-electron chi connectivity index (χ1n) is 8.39. The van der Waals surface area contributed by atoms with E-state index in [1.165, 1.54) is 0 Å². The molecule has 0 amide bonds. The molecule has 1 aliphatic heterocycles. The number of aryl methyl sites for hydroxylation is 1. The van der Waals surface area contributed by atoms with E-state index >= 15 is 0 Å². The summed E-state index contributed by atoms with van der Waals surface area (Å²) in [5, 5.41) is 16.6. The Bertz CT molecular complexity index is 893. The number of ether oxygens (including phenoxy) is 3. The van der Waals surface area contributed by atoms with E-state index < -0.39 is 0 Å². The molecule has 0 radical (unpaired) electrons. The van der Waals surface area contributed by atoms with Crippen LogP contribution in [0.5, 0.6) is 17.4 Å². The summed E-state index contributed by atoms with van der Waals surface area (Å²) in [6.45, 7) is 6.64. The zero-order valence-electron chi connectivity index (χ0n) is 15.3. The predicted molar refractivity (Wildman–Crippen MR) is 95.9 cm³/mol. The third kappa shape index (κ3) is 3.06. The average molecular weight is 354 g/mol. The molecule has 0 spiro atoms. The van der Waals surface area contributed by atoms with Gasteiger partial charge in [0.15, 0.2) is 11.5 Å². The van der Waals surface area contributed by atoms with E-state index in [2.05, 4.69) is 30.1 Å². The molecule has 2 aromatic rings. The highest BCUT2D eigenvalue weighted by Gasteiger charge is 2.34. The van der Waals surface area contributed by atoms with Gasteiger partial charge in [0.1, 0.15) is 11.6 Å². The lowest BCUT2D eigenvalue weighted by molar-refractivity contribution is 0.256. The molecule has 1 aromatic carbocycles. The first-order chi connectivity index (χ1) is 12.5. The Labute approximate surface area is 152 Å². The number of H-pyrrole nitrogens is 1. The monoisotopic (exact) mass is 354 g/mol. The largest absolute Gasteiger partial charge is 0.493 e. The van der Waals surface area contributed by atoms with Gasteiger partial charge < -0.3 is 19.9 Å². The molecule has 1 aliphatic rings. The standard InChI is InChI=1S/C19H22N4O3/c1-10(2)9-25-14-6-5-12(7-15(14)24-4)17-13(8-20)18(21)26-19-16(17)11(3)22-23-19/h5-7,10,17H,9,21H2,1-4H3,(H,22,23). The van der Waals surface area contributed by atoms with Gasteiger partial charge in [-0.2, -0.15) is 5.26 Å². The second-order valence-corrected chi connectivity index (χ2v) is 6.61. The number of nitrogens with one attached hydrogen (secondary N) is 1. The summed E-state index contributed by atoms with van der Waals surface area (Å²) < 4.78 is 16.8. The molecule has 1 unspecified atom stereocenters. The molecular weight excluding hydrogens is 332 g/mol. The van der Waals surface area contributed by atoms with Crippen LogP contribution < -0.4 is 19.9 Å². The van der Waals surface area contributed by atoms with Gasteiger partial charge in [-0.25, -0.2) is 0 Å². The maximum atomic E-state index is 9.62. The average Bonchev–Trinajstić information content (AvgIpc) is 2.99. The lowest BCUT2D eigenvalue weighted by Gasteiger charge is -2.24. The number of nitrogens with zero attached hydrogens (tertiary/aromatic N) is 2. The second-order valence-electron chi connectivity index (χ2n) is 6.61. The van der Waals surface area contributed by atoms with Gasteiger partial charge in [-0.05, 0) is 30.5 Å². The van der Waals surface area contributed by atoms with Crippen molar-refractivity contribution in [2.45, 2.75) is 26.7 Å². The molecule has 7 nitrogen and oxygen atoms in total. The van der Waals surface area contributed by atoms with Crippen LogP contribution >= 0.6 is 0 Å². The zero-order chi connectivity index (χ0) is 18.8. The topological polar surface area (TPSA) is 106 Å². The van der Waals surface area contributed by atoms with Crippen molar-refractivity contribution in [1.82, 2.24) is 10.2 Å². The minimum absolute atomic E-state index is 0.0654. The van der Waals surface area contributed by atoms with Gasteiger partial charge in [-0.3, -0.25) is 5.10 Å². The SMILES string of the molecule is COc1cc(C2C(C#N)=C(N)Oc3n[nH]c(C)c32)ccc1OCC(C)C. The maximum Gasteiger partial charge on any atom is 0.244 e. The quantitative estimate of drug-likeness (QED) is 0.855. The molecular formula is C19H22N4O3. The minimum atomic E-state index is -0.379. The van der Waals surface area contributed by atoms with Gasteiger partial charge in [-0.15, -0.1) is 5.10 Å². The first kappa shape index (κ1) is 17.7. The van der Waals surface area contributed by atoms with Crippen molar-refractivity contribution < 1.29 is 14.2 Å². The highest BCUT2D eigenvalue weighted by atomic mass is 16.5. The molecule has 1 aromatic heterocycles. The molecule has 3 N–H and O–H groups in total. The molecule has 0 saturated carbocycles. The van der Waals surface area contributed by atoms with Crippen LogP contribution in [-0.2, 0) is 0 Å². The highest BCUT2D eigenvalue weighted by Crippen LogP contribution is 2.44. The van der Waals surface area contributed by atoms with Crippen molar-refractivity contribution in [3.63, 3.8) is 0 Å². The fourth-order valence-corrected chi connectivity index (χ4v) is 2.97. The fourth-order valence-electron chi connectivity index (χ4n) is 2.97. The molecule has 0 saturated heterocycles. The van der Waals surface area contributed by atoms with Crippen molar-refractivity contribution in [3.8, 4) is 23.4 Å². The van der Waals surface area contributed by atoms with Gasteiger partial charge in [0.25, 0.3) is 0 Å². The number of aromatic amines is 1. The van der Waals surface area contributed by atoms with Crippen LogP contribution in [0.2, 0.25) is 0 Å².